The fourth-order valence-corrected chi connectivity index (χ4v) is 1.60. The minimum absolute atomic E-state index is 0.0332. The molecule has 0 aliphatic rings. The maximum atomic E-state index is 11.1. The van der Waals surface area contributed by atoms with E-state index in [1.807, 2.05) is 0 Å². The number of carbonyl (C=O) groups excluding carboxylic acids is 1. The van der Waals surface area contributed by atoms with E-state index in [0.717, 1.165) is 0 Å². The smallest absolute Gasteiger partial charge is 0.219 e. The summed E-state index contributed by atoms with van der Waals surface area (Å²) in [4.78, 5) is 15.2. The first kappa shape index (κ1) is 11.3. The number of benzene rings is 1. The van der Waals surface area contributed by atoms with Crippen LogP contribution in [-0.4, -0.2) is 21.1 Å². The van der Waals surface area contributed by atoms with E-state index in [0.29, 0.717) is 28.2 Å². The molecule has 0 N–H and O–H groups in total. The summed E-state index contributed by atoms with van der Waals surface area (Å²) in [5.74, 6) is 0.946. The zero-order chi connectivity index (χ0) is 13.2. The highest BCUT2D eigenvalue weighted by Gasteiger charge is 2.05. The highest BCUT2D eigenvalue weighted by atomic mass is 16.6. The van der Waals surface area contributed by atoms with Crippen LogP contribution >= 0.6 is 0 Å². The van der Waals surface area contributed by atoms with Crippen molar-refractivity contribution in [3.05, 3.63) is 42.1 Å². The summed E-state index contributed by atoms with van der Waals surface area (Å²) in [5, 5.41) is 7.43. The number of ketones is 1. The van der Waals surface area contributed by atoms with Crippen molar-refractivity contribution in [2.45, 2.75) is 6.92 Å². The van der Waals surface area contributed by atoms with Crippen molar-refractivity contribution in [1.82, 2.24) is 15.3 Å². The molecule has 0 bridgehead atoms. The van der Waals surface area contributed by atoms with Crippen molar-refractivity contribution >= 4 is 16.8 Å². The van der Waals surface area contributed by atoms with E-state index < -0.39 is 0 Å². The zero-order valence-corrected chi connectivity index (χ0v) is 10.0. The topological polar surface area (TPSA) is 78.1 Å². The Morgan fingerprint density at radius 3 is 2.74 bits per heavy atom. The lowest BCUT2D eigenvalue weighted by Crippen LogP contribution is -1.94. The first-order valence-corrected chi connectivity index (χ1v) is 5.59. The zero-order valence-electron chi connectivity index (χ0n) is 10.0. The van der Waals surface area contributed by atoms with E-state index in [2.05, 4.69) is 19.9 Å². The fraction of sp³-hybridized carbons (Fsp3) is 0.0769. The van der Waals surface area contributed by atoms with Crippen molar-refractivity contribution in [2.24, 2.45) is 0 Å². The maximum absolute atomic E-state index is 11.1. The van der Waals surface area contributed by atoms with Crippen molar-refractivity contribution in [3.8, 4) is 11.6 Å². The molecular formula is C13H9N3O3. The van der Waals surface area contributed by atoms with E-state index in [1.165, 1.54) is 13.1 Å². The minimum Gasteiger partial charge on any atom is -0.439 e. The Morgan fingerprint density at radius 1 is 1.16 bits per heavy atom. The Bertz CT molecular complexity index is 734. The molecule has 0 saturated heterocycles. The van der Waals surface area contributed by atoms with Gasteiger partial charge in [0.1, 0.15) is 16.8 Å². The number of hydrogen-bond acceptors (Lipinski definition) is 6. The molecule has 0 aliphatic carbocycles. The number of pyridine rings is 1. The lowest BCUT2D eigenvalue weighted by molar-refractivity contribution is 0.101. The van der Waals surface area contributed by atoms with Crippen LogP contribution in [0.2, 0.25) is 0 Å². The van der Waals surface area contributed by atoms with Crippen molar-refractivity contribution < 1.29 is 14.2 Å². The molecule has 6 nitrogen and oxygen atoms in total. The highest BCUT2D eigenvalue weighted by Crippen LogP contribution is 2.22. The summed E-state index contributed by atoms with van der Waals surface area (Å²) < 4.78 is 10.2. The maximum Gasteiger partial charge on any atom is 0.219 e. The lowest BCUT2D eigenvalue weighted by atomic mass is 10.2. The molecule has 3 aromatic rings. The third-order valence-corrected chi connectivity index (χ3v) is 2.59. The van der Waals surface area contributed by atoms with Gasteiger partial charge in [-0.3, -0.25) is 4.79 Å². The monoisotopic (exact) mass is 255 g/mol. The number of aromatic nitrogens is 3. The molecular weight excluding hydrogens is 246 g/mol. The van der Waals surface area contributed by atoms with Crippen LogP contribution in [0.3, 0.4) is 0 Å². The van der Waals surface area contributed by atoms with Gasteiger partial charge in [-0.1, -0.05) is 0 Å². The number of hydrogen-bond donors (Lipinski definition) is 0. The van der Waals surface area contributed by atoms with Gasteiger partial charge >= 0.3 is 0 Å². The molecule has 1 aromatic carbocycles. The summed E-state index contributed by atoms with van der Waals surface area (Å²) in [7, 11) is 0. The highest BCUT2D eigenvalue weighted by molar-refractivity contribution is 5.93. The molecule has 0 radical (unpaired) electrons. The Balaban J connectivity index is 1.85. The summed E-state index contributed by atoms with van der Waals surface area (Å²) in [6, 6.07) is 8.49. The molecule has 0 atom stereocenters. The Labute approximate surface area is 108 Å². The molecule has 94 valence electrons. The molecule has 2 aromatic heterocycles. The largest absolute Gasteiger partial charge is 0.439 e. The summed E-state index contributed by atoms with van der Waals surface area (Å²) in [6.45, 7) is 1.49. The van der Waals surface area contributed by atoms with Crippen LogP contribution in [0.5, 0.6) is 11.6 Å². The Morgan fingerprint density at radius 2 is 2.00 bits per heavy atom. The van der Waals surface area contributed by atoms with Gasteiger partial charge in [0, 0.05) is 23.9 Å². The molecule has 0 aliphatic heterocycles. The number of nitrogens with zero attached hydrogens (tertiary/aromatic N) is 3. The third-order valence-electron chi connectivity index (χ3n) is 2.59. The van der Waals surface area contributed by atoms with Gasteiger partial charge in [-0.15, -0.1) is 0 Å². The van der Waals surface area contributed by atoms with E-state index in [-0.39, 0.29) is 5.78 Å². The van der Waals surface area contributed by atoms with Crippen LogP contribution in [0.25, 0.3) is 11.0 Å². The molecule has 0 fully saturated rings. The average molecular weight is 255 g/mol. The minimum atomic E-state index is -0.0332. The summed E-state index contributed by atoms with van der Waals surface area (Å²) in [5.41, 5.74) is 1.81. The van der Waals surface area contributed by atoms with E-state index in [1.54, 1.807) is 30.3 Å². The predicted octanol–water partition coefficient (Wildman–Crippen LogP) is 2.61. The van der Waals surface area contributed by atoms with Gasteiger partial charge in [-0.05, 0) is 35.4 Å². The number of carbonyl (C=O) groups is 1. The Kier molecular flexibility index (Phi) is 2.68. The van der Waals surface area contributed by atoms with Gasteiger partial charge in [-0.25, -0.2) is 9.61 Å². The van der Waals surface area contributed by atoms with Crippen LogP contribution in [0, 0.1) is 0 Å². The molecule has 0 unspecified atom stereocenters. The summed E-state index contributed by atoms with van der Waals surface area (Å²) >= 11 is 0. The number of ether oxygens (including phenoxy) is 1. The average Bonchev–Trinajstić information content (AvgIpc) is 2.87. The summed E-state index contributed by atoms with van der Waals surface area (Å²) in [6.07, 6.45) is 1.48. The second-order valence-electron chi connectivity index (χ2n) is 3.96. The van der Waals surface area contributed by atoms with Gasteiger partial charge in [0.25, 0.3) is 0 Å². The molecule has 2 heterocycles. The molecule has 19 heavy (non-hydrogen) atoms. The Hall–Kier alpha value is -2.76. The van der Waals surface area contributed by atoms with Crippen LogP contribution < -0.4 is 4.74 Å². The van der Waals surface area contributed by atoms with E-state index >= 15 is 0 Å². The van der Waals surface area contributed by atoms with E-state index in [4.69, 9.17) is 4.74 Å². The van der Waals surface area contributed by atoms with E-state index in [9.17, 15) is 4.79 Å². The lowest BCUT2D eigenvalue weighted by Gasteiger charge is -2.04. The normalized spacial score (nSPS) is 10.6. The first-order chi connectivity index (χ1) is 9.22. The molecule has 0 amide bonds. The number of fused-ring (bicyclic) bond motifs is 1. The molecule has 0 spiro atoms. The first-order valence-electron chi connectivity index (χ1n) is 5.59. The van der Waals surface area contributed by atoms with Crippen LogP contribution in [0.4, 0.5) is 0 Å². The number of rotatable bonds is 3. The van der Waals surface area contributed by atoms with Gasteiger partial charge in [0.05, 0.1) is 0 Å². The fourth-order valence-electron chi connectivity index (χ4n) is 1.60. The van der Waals surface area contributed by atoms with Crippen LogP contribution in [-0.2, 0) is 0 Å². The van der Waals surface area contributed by atoms with Crippen LogP contribution in [0.1, 0.15) is 17.3 Å². The van der Waals surface area contributed by atoms with Crippen molar-refractivity contribution in [1.29, 1.82) is 0 Å². The quantitative estimate of drug-likeness (QED) is 0.669. The standard InChI is InChI=1S/C13H9N3O3/c1-8(17)9-2-5-13(14-7-9)18-10-3-4-11-12(6-10)16-19-15-11/h2-7H,1H3. The van der Waals surface area contributed by atoms with Crippen molar-refractivity contribution in [3.63, 3.8) is 0 Å². The van der Waals surface area contributed by atoms with Gasteiger partial charge < -0.3 is 4.74 Å². The third kappa shape index (κ3) is 2.28. The van der Waals surface area contributed by atoms with Gasteiger partial charge in [0.15, 0.2) is 5.78 Å². The molecule has 6 heteroatoms. The number of Topliss-reactive ketones (excluding diaryl/α,β-unsaturated/α-hetero) is 1. The van der Waals surface area contributed by atoms with Gasteiger partial charge in [-0.2, -0.15) is 0 Å². The second kappa shape index (κ2) is 4.49. The molecule has 0 saturated carbocycles. The van der Waals surface area contributed by atoms with Crippen molar-refractivity contribution in [2.75, 3.05) is 0 Å². The second-order valence-corrected chi connectivity index (χ2v) is 3.96. The van der Waals surface area contributed by atoms with Crippen LogP contribution in [0.15, 0.2) is 41.2 Å². The predicted molar refractivity (Wildman–Crippen MR) is 66.1 cm³/mol. The molecule has 3 rings (SSSR count). The SMILES string of the molecule is CC(=O)c1ccc(Oc2ccc3nonc3c2)nc1. The van der Waals surface area contributed by atoms with Gasteiger partial charge in [0.2, 0.25) is 5.88 Å².